The van der Waals surface area contributed by atoms with Gasteiger partial charge in [0.15, 0.2) is 0 Å². The van der Waals surface area contributed by atoms with Crippen LogP contribution in [0.25, 0.3) is 5.65 Å². The van der Waals surface area contributed by atoms with Crippen molar-refractivity contribution in [1.82, 2.24) is 19.8 Å². The Balaban J connectivity index is 1.57. The van der Waals surface area contributed by atoms with Crippen LogP contribution in [0.3, 0.4) is 0 Å². The number of anilines is 2. The van der Waals surface area contributed by atoms with Gasteiger partial charge in [-0.05, 0) is 49.6 Å². The summed E-state index contributed by atoms with van der Waals surface area (Å²) in [5, 5.41) is 12.8. The van der Waals surface area contributed by atoms with Gasteiger partial charge in [-0.25, -0.2) is 0 Å². The molecule has 6 nitrogen and oxygen atoms in total. The largest absolute Gasteiger partial charge is 0.368 e. The first kappa shape index (κ1) is 15.9. The van der Waals surface area contributed by atoms with Crippen molar-refractivity contribution in [2.24, 2.45) is 0 Å². The fourth-order valence-electron chi connectivity index (χ4n) is 3.61. The van der Waals surface area contributed by atoms with Crippen LogP contribution >= 0.6 is 0 Å². The van der Waals surface area contributed by atoms with E-state index in [1.807, 2.05) is 0 Å². The van der Waals surface area contributed by atoms with Gasteiger partial charge in [0.1, 0.15) is 6.33 Å². The highest BCUT2D eigenvalue weighted by atomic mass is 15.4. The average Bonchev–Trinajstić information content (AvgIpc) is 3.08. The summed E-state index contributed by atoms with van der Waals surface area (Å²) in [6.07, 6.45) is 2.59. The van der Waals surface area contributed by atoms with Crippen molar-refractivity contribution >= 4 is 17.0 Å². The van der Waals surface area contributed by atoms with Crippen molar-refractivity contribution in [2.45, 2.75) is 27.2 Å². The standard InChI is InChI=1S/C19H24N6/c1-4-16-12-18(19-21-20-13-25(19)22-16)24-7-5-23(6-8-24)17-10-14(2)9-15(3)11-17/h9-13H,4-8H2,1-3H3. The van der Waals surface area contributed by atoms with Crippen LogP contribution in [0, 0.1) is 13.8 Å². The molecule has 25 heavy (non-hydrogen) atoms. The third-order valence-electron chi connectivity index (χ3n) is 4.85. The van der Waals surface area contributed by atoms with Gasteiger partial charge in [0, 0.05) is 31.9 Å². The lowest BCUT2D eigenvalue weighted by Crippen LogP contribution is -2.46. The smallest absolute Gasteiger partial charge is 0.200 e. The zero-order valence-corrected chi connectivity index (χ0v) is 15.1. The first-order valence-corrected chi connectivity index (χ1v) is 8.92. The Morgan fingerprint density at radius 2 is 1.60 bits per heavy atom. The molecule has 0 N–H and O–H groups in total. The maximum atomic E-state index is 4.55. The Morgan fingerprint density at radius 3 is 2.28 bits per heavy atom. The molecule has 1 fully saturated rings. The number of aromatic nitrogens is 4. The zero-order valence-electron chi connectivity index (χ0n) is 15.1. The number of hydrogen-bond donors (Lipinski definition) is 0. The van der Waals surface area contributed by atoms with Crippen LogP contribution in [-0.2, 0) is 6.42 Å². The second-order valence-corrected chi connectivity index (χ2v) is 6.79. The minimum absolute atomic E-state index is 0.844. The lowest BCUT2D eigenvalue weighted by molar-refractivity contribution is 0.651. The van der Waals surface area contributed by atoms with Gasteiger partial charge in [0.2, 0.25) is 5.65 Å². The molecular formula is C19H24N6. The van der Waals surface area contributed by atoms with Crippen LogP contribution in [0.4, 0.5) is 11.4 Å². The van der Waals surface area contributed by atoms with E-state index >= 15 is 0 Å². The third-order valence-corrected chi connectivity index (χ3v) is 4.85. The van der Waals surface area contributed by atoms with E-state index in [2.05, 4.69) is 70.1 Å². The van der Waals surface area contributed by atoms with E-state index in [1.165, 1.54) is 16.8 Å². The van der Waals surface area contributed by atoms with E-state index in [-0.39, 0.29) is 0 Å². The van der Waals surface area contributed by atoms with Crippen LogP contribution in [0.2, 0.25) is 0 Å². The van der Waals surface area contributed by atoms with Gasteiger partial charge < -0.3 is 9.80 Å². The summed E-state index contributed by atoms with van der Waals surface area (Å²) < 4.78 is 1.80. The molecule has 0 spiro atoms. The summed E-state index contributed by atoms with van der Waals surface area (Å²) in [5.41, 5.74) is 7.03. The van der Waals surface area contributed by atoms with E-state index in [0.29, 0.717) is 0 Å². The molecule has 0 radical (unpaired) electrons. The minimum atomic E-state index is 0.844. The summed E-state index contributed by atoms with van der Waals surface area (Å²) in [5.74, 6) is 0. The van der Waals surface area contributed by atoms with Crippen molar-refractivity contribution in [3.63, 3.8) is 0 Å². The number of fused-ring (bicyclic) bond motifs is 1. The molecule has 3 aromatic rings. The number of aryl methyl sites for hydroxylation is 3. The maximum Gasteiger partial charge on any atom is 0.200 e. The molecule has 4 rings (SSSR count). The lowest BCUT2D eigenvalue weighted by Gasteiger charge is -2.37. The van der Waals surface area contributed by atoms with E-state index in [1.54, 1.807) is 10.8 Å². The normalized spacial score (nSPS) is 15.2. The number of hydrogen-bond acceptors (Lipinski definition) is 5. The van der Waals surface area contributed by atoms with Crippen molar-refractivity contribution in [3.05, 3.63) is 47.4 Å². The summed E-state index contributed by atoms with van der Waals surface area (Å²) in [7, 11) is 0. The first-order valence-electron chi connectivity index (χ1n) is 8.92. The highest BCUT2D eigenvalue weighted by molar-refractivity contribution is 5.69. The highest BCUT2D eigenvalue weighted by Crippen LogP contribution is 2.25. The molecular weight excluding hydrogens is 312 g/mol. The summed E-state index contributed by atoms with van der Waals surface area (Å²) in [6, 6.07) is 8.95. The SMILES string of the molecule is CCc1cc(N2CCN(c3cc(C)cc(C)c3)CC2)c2nncn2n1. The molecule has 0 saturated carbocycles. The summed E-state index contributed by atoms with van der Waals surface area (Å²) in [4.78, 5) is 4.88. The molecule has 3 heterocycles. The van der Waals surface area contributed by atoms with Gasteiger partial charge in [-0.15, -0.1) is 10.2 Å². The number of nitrogens with zero attached hydrogens (tertiary/aromatic N) is 6. The Labute approximate surface area is 148 Å². The molecule has 0 bridgehead atoms. The van der Waals surface area contributed by atoms with E-state index < -0.39 is 0 Å². The number of benzene rings is 1. The quantitative estimate of drug-likeness (QED) is 0.736. The lowest BCUT2D eigenvalue weighted by atomic mass is 10.1. The van der Waals surface area contributed by atoms with Gasteiger partial charge in [-0.1, -0.05) is 13.0 Å². The molecule has 1 aliphatic heterocycles. The van der Waals surface area contributed by atoms with Crippen molar-refractivity contribution < 1.29 is 0 Å². The monoisotopic (exact) mass is 336 g/mol. The van der Waals surface area contributed by atoms with E-state index in [4.69, 9.17) is 0 Å². The molecule has 0 unspecified atom stereocenters. The van der Waals surface area contributed by atoms with Gasteiger partial charge in [-0.3, -0.25) is 0 Å². The van der Waals surface area contributed by atoms with Crippen molar-refractivity contribution in [2.75, 3.05) is 36.0 Å². The average molecular weight is 336 g/mol. The second-order valence-electron chi connectivity index (χ2n) is 6.79. The molecule has 1 saturated heterocycles. The molecule has 0 amide bonds. The van der Waals surface area contributed by atoms with Gasteiger partial charge in [0.05, 0.1) is 11.4 Å². The molecule has 0 aliphatic carbocycles. The molecule has 0 atom stereocenters. The molecule has 1 aliphatic rings. The summed E-state index contributed by atoms with van der Waals surface area (Å²) in [6.45, 7) is 10.4. The topological polar surface area (TPSA) is 49.6 Å². The van der Waals surface area contributed by atoms with Gasteiger partial charge in [0.25, 0.3) is 0 Å². The Morgan fingerprint density at radius 1 is 0.920 bits per heavy atom. The summed E-state index contributed by atoms with van der Waals surface area (Å²) >= 11 is 0. The van der Waals surface area contributed by atoms with Crippen molar-refractivity contribution in [1.29, 1.82) is 0 Å². The second kappa shape index (κ2) is 6.35. The van der Waals surface area contributed by atoms with Crippen molar-refractivity contribution in [3.8, 4) is 0 Å². The fraction of sp³-hybridized carbons (Fsp3) is 0.421. The Hall–Kier alpha value is -2.63. The first-order chi connectivity index (χ1) is 12.1. The van der Waals surface area contributed by atoms with Crippen LogP contribution in [0.15, 0.2) is 30.6 Å². The predicted molar refractivity (Wildman–Crippen MR) is 101 cm³/mol. The highest BCUT2D eigenvalue weighted by Gasteiger charge is 2.21. The third kappa shape index (κ3) is 3.04. The molecule has 1 aromatic carbocycles. The van der Waals surface area contributed by atoms with Crippen LogP contribution in [0.1, 0.15) is 23.7 Å². The maximum absolute atomic E-state index is 4.55. The van der Waals surface area contributed by atoms with Crippen LogP contribution in [-0.4, -0.2) is 46.0 Å². The van der Waals surface area contributed by atoms with Gasteiger partial charge in [-0.2, -0.15) is 9.61 Å². The molecule has 130 valence electrons. The van der Waals surface area contributed by atoms with E-state index in [9.17, 15) is 0 Å². The number of rotatable bonds is 3. The van der Waals surface area contributed by atoms with Crippen LogP contribution < -0.4 is 9.80 Å². The Kier molecular flexibility index (Phi) is 4.03. The van der Waals surface area contributed by atoms with Gasteiger partial charge >= 0.3 is 0 Å². The Bertz CT molecular complexity index is 872. The zero-order chi connectivity index (χ0) is 17.4. The van der Waals surface area contributed by atoms with Crippen LogP contribution in [0.5, 0.6) is 0 Å². The fourth-order valence-corrected chi connectivity index (χ4v) is 3.61. The number of piperazine rings is 1. The molecule has 2 aromatic heterocycles. The van der Waals surface area contributed by atoms with E-state index in [0.717, 1.165) is 49.6 Å². The minimum Gasteiger partial charge on any atom is -0.368 e. The predicted octanol–water partition coefficient (Wildman–Crippen LogP) is 2.63. The molecule has 6 heteroatoms.